The summed E-state index contributed by atoms with van der Waals surface area (Å²) >= 11 is 6.11. The first kappa shape index (κ1) is 21.8. The molecule has 0 unspecified atom stereocenters. The van der Waals surface area contributed by atoms with Crippen molar-refractivity contribution in [3.05, 3.63) is 64.2 Å². The molecule has 1 heterocycles. The molecule has 29 heavy (non-hydrogen) atoms. The van der Waals surface area contributed by atoms with E-state index >= 15 is 0 Å². The highest BCUT2D eigenvalue weighted by Gasteiger charge is 2.40. The standard InChI is InChI=1S/C22H27ClN2O3S/c1-16-7-4-5-8-18(16)15-24-21(26)22(3)11-13-25(14-12-22)29(27,28)20-10-6-9-19(23)17(20)2/h4-10H,11-15H2,1-3H3,(H,24,26). The van der Waals surface area contributed by atoms with Gasteiger partial charge in [0.2, 0.25) is 15.9 Å². The van der Waals surface area contributed by atoms with Crippen LogP contribution in [0, 0.1) is 19.3 Å². The van der Waals surface area contributed by atoms with Gasteiger partial charge in [-0.05, 0) is 55.5 Å². The van der Waals surface area contributed by atoms with Crippen molar-refractivity contribution in [1.82, 2.24) is 9.62 Å². The van der Waals surface area contributed by atoms with Crippen LogP contribution < -0.4 is 5.32 Å². The number of nitrogens with one attached hydrogen (secondary N) is 1. The van der Waals surface area contributed by atoms with Gasteiger partial charge in [-0.15, -0.1) is 0 Å². The van der Waals surface area contributed by atoms with Gasteiger partial charge >= 0.3 is 0 Å². The molecule has 0 saturated carbocycles. The maximum atomic E-state index is 13.1. The van der Waals surface area contributed by atoms with Gasteiger partial charge in [-0.25, -0.2) is 8.42 Å². The molecule has 0 bridgehead atoms. The molecule has 3 rings (SSSR count). The van der Waals surface area contributed by atoms with E-state index in [9.17, 15) is 13.2 Å². The summed E-state index contributed by atoms with van der Waals surface area (Å²) in [6.07, 6.45) is 0.955. The maximum absolute atomic E-state index is 13.1. The third-order valence-corrected chi connectivity index (χ3v) is 8.36. The lowest BCUT2D eigenvalue weighted by atomic mass is 9.80. The number of hydrogen-bond donors (Lipinski definition) is 1. The smallest absolute Gasteiger partial charge is 0.243 e. The molecule has 2 aromatic carbocycles. The van der Waals surface area contributed by atoms with Crippen LogP contribution >= 0.6 is 11.6 Å². The van der Waals surface area contributed by atoms with Crippen molar-refractivity contribution in [1.29, 1.82) is 0 Å². The van der Waals surface area contributed by atoms with E-state index in [2.05, 4.69) is 5.32 Å². The Morgan fingerprint density at radius 3 is 2.41 bits per heavy atom. The molecule has 1 fully saturated rings. The summed E-state index contributed by atoms with van der Waals surface area (Å²) in [5.41, 5.74) is 2.19. The monoisotopic (exact) mass is 434 g/mol. The number of benzene rings is 2. The largest absolute Gasteiger partial charge is 0.352 e. The first-order valence-corrected chi connectivity index (χ1v) is 11.5. The lowest BCUT2D eigenvalue weighted by Gasteiger charge is -2.37. The maximum Gasteiger partial charge on any atom is 0.243 e. The van der Waals surface area contributed by atoms with E-state index in [4.69, 9.17) is 11.6 Å². The summed E-state index contributed by atoms with van der Waals surface area (Å²) in [4.78, 5) is 13.1. The van der Waals surface area contributed by atoms with Gasteiger partial charge in [0, 0.05) is 30.1 Å². The molecular weight excluding hydrogens is 408 g/mol. The Hall–Kier alpha value is -1.89. The van der Waals surface area contributed by atoms with E-state index in [0.717, 1.165) is 11.1 Å². The molecule has 1 aliphatic rings. The average Bonchev–Trinajstić information content (AvgIpc) is 2.69. The number of aryl methyl sites for hydroxylation is 1. The second-order valence-electron chi connectivity index (χ2n) is 7.94. The Kier molecular flexibility index (Phi) is 6.36. The Labute approximate surface area is 178 Å². The fraction of sp³-hybridized carbons (Fsp3) is 0.409. The minimum absolute atomic E-state index is 0.0308. The third-order valence-electron chi connectivity index (χ3n) is 5.91. The van der Waals surface area contributed by atoms with Gasteiger partial charge in [0.25, 0.3) is 0 Å². The van der Waals surface area contributed by atoms with Crippen molar-refractivity contribution in [2.45, 2.75) is 45.1 Å². The molecule has 0 aromatic heterocycles. The zero-order chi connectivity index (χ0) is 21.2. The van der Waals surface area contributed by atoms with Crippen LogP contribution in [-0.4, -0.2) is 31.7 Å². The number of carbonyl (C=O) groups is 1. The van der Waals surface area contributed by atoms with Gasteiger partial charge in [0.05, 0.1) is 4.90 Å². The summed E-state index contributed by atoms with van der Waals surface area (Å²) in [5, 5.41) is 3.46. The first-order valence-electron chi connectivity index (χ1n) is 9.73. The Morgan fingerprint density at radius 2 is 1.76 bits per heavy atom. The molecule has 0 radical (unpaired) electrons. The van der Waals surface area contributed by atoms with Gasteiger partial charge in [0.1, 0.15) is 0 Å². The lowest BCUT2D eigenvalue weighted by molar-refractivity contribution is -0.132. The summed E-state index contributed by atoms with van der Waals surface area (Å²) < 4.78 is 27.6. The number of amides is 1. The number of rotatable bonds is 5. The van der Waals surface area contributed by atoms with Crippen LogP contribution in [-0.2, 0) is 21.4 Å². The van der Waals surface area contributed by atoms with E-state index in [-0.39, 0.29) is 10.8 Å². The topological polar surface area (TPSA) is 66.5 Å². The van der Waals surface area contributed by atoms with Crippen LogP contribution in [0.5, 0.6) is 0 Å². The molecule has 1 aliphatic heterocycles. The predicted molar refractivity (Wildman–Crippen MR) is 115 cm³/mol. The van der Waals surface area contributed by atoms with E-state index < -0.39 is 15.4 Å². The molecule has 0 spiro atoms. The second kappa shape index (κ2) is 8.46. The SMILES string of the molecule is Cc1ccccc1CNC(=O)C1(C)CCN(S(=O)(=O)c2cccc(Cl)c2C)CC1. The Morgan fingerprint density at radius 1 is 1.10 bits per heavy atom. The molecule has 5 nitrogen and oxygen atoms in total. The van der Waals surface area contributed by atoms with E-state index in [1.54, 1.807) is 25.1 Å². The minimum atomic E-state index is -3.63. The quantitative estimate of drug-likeness (QED) is 0.771. The number of carbonyl (C=O) groups excluding carboxylic acids is 1. The van der Waals surface area contributed by atoms with Gasteiger partial charge in [0.15, 0.2) is 0 Å². The third kappa shape index (κ3) is 4.49. The average molecular weight is 435 g/mol. The van der Waals surface area contributed by atoms with E-state index in [0.29, 0.717) is 43.1 Å². The van der Waals surface area contributed by atoms with Gasteiger partial charge in [-0.3, -0.25) is 4.79 Å². The molecule has 7 heteroatoms. The highest BCUT2D eigenvalue weighted by molar-refractivity contribution is 7.89. The minimum Gasteiger partial charge on any atom is -0.352 e. The number of nitrogens with zero attached hydrogens (tertiary/aromatic N) is 1. The lowest BCUT2D eigenvalue weighted by Crippen LogP contribution is -2.48. The predicted octanol–water partition coefficient (Wildman–Crippen LogP) is 4.06. The van der Waals surface area contributed by atoms with Crippen LogP contribution in [0.2, 0.25) is 5.02 Å². The van der Waals surface area contributed by atoms with E-state index in [1.807, 2.05) is 38.1 Å². The van der Waals surface area contributed by atoms with Gasteiger partial charge in [-0.2, -0.15) is 4.31 Å². The van der Waals surface area contributed by atoms with Crippen molar-refractivity contribution in [3.8, 4) is 0 Å². The molecular formula is C22H27ClN2O3S. The summed E-state index contributed by atoms with van der Waals surface area (Å²) in [5.74, 6) is -0.0308. The normalized spacial score (nSPS) is 17.1. The van der Waals surface area contributed by atoms with Crippen molar-refractivity contribution < 1.29 is 13.2 Å². The second-order valence-corrected chi connectivity index (χ2v) is 10.3. The van der Waals surface area contributed by atoms with Gasteiger partial charge < -0.3 is 5.32 Å². The molecule has 0 atom stereocenters. The Balaban J connectivity index is 1.66. The van der Waals surface area contributed by atoms with Crippen LogP contribution in [0.3, 0.4) is 0 Å². The Bertz CT molecular complexity index is 1010. The summed E-state index contributed by atoms with van der Waals surface area (Å²) in [6.45, 7) is 6.73. The molecule has 1 amide bonds. The zero-order valence-electron chi connectivity index (χ0n) is 17.0. The van der Waals surface area contributed by atoms with Crippen LogP contribution in [0.4, 0.5) is 0 Å². The molecule has 1 saturated heterocycles. The summed E-state index contributed by atoms with van der Waals surface area (Å²) in [6, 6.07) is 12.9. The highest BCUT2D eigenvalue weighted by Crippen LogP contribution is 2.35. The summed E-state index contributed by atoms with van der Waals surface area (Å²) in [7, 11) is -3.63. The fourth-order valence-electron chi connectivity index (χ4n) is 3.65. The fourth-order valence-corrected chi connectivity index (χ4v) is 5.57. The van der Waals surface area contributed by atoms with Crippen molar-refractivity contribution >= 4 is 27.5 Å². The number of piperidine rings is 1. The van der Waals surface area contributed by atoms with Crippen LogP contribution in [0.25, 0.3) is 0 Å². The zero-order valence-corrected chi connectivity index (χ0v) is 18.6. The van der Waals surface area contributed by atoms with Crippen LogP contribution in [0.15, 0.2) is 47.4 Å². The molecule has 2 aromatic rings. The first-order chi connectivity index (χ1) is 13.6. The van der Waals surface area contributed by atoms with Crippen molar-refractivity contribution in [2.24, 2.45) is 5.41 Å². The van der Waals surface area contributed by atoms with Crippen molar-refractivity contribution in [2.75, 3.05) is 13.1 Å². The number of hydrogen-bond acceptors (Lipinski definition) is 3. The number of sulfonamides is 1. The number of halogens is 1. The van der Waals surface area contributed by atoms with Crippen LogP contribution in [0.1, 0.15) is 36.5 Å². The van der Waals surface area contributed by atoms with Gasteiger partial charge in [-0.1, -0.05) is 48.9 Å². The molecule has 1 N–H and O–H groups in total. The highest BCUT2D eigenvalue weighted by atomic mass is 35.5. The molecule has 156 valence electrons. The van der Waals surface area contributed by atoms with E-state index in [1.165, 1.54) is 4.31 Å². The van der Waals surface area contributed by atoms with Crippen molar-refractivity contribution in [3.63, 3.8) is 0 Å². The molecule has 0 aliphatic carbocycles.